The van der Waals surface area contributed by atoms with Gasteiger partial charge in [0.05, 0.1) is 16.8 Å². The molecule has 1 aliphatic carbocycles. The van der Waals surface area contributed by atoms with Gasteiger partial charge in [-0.3, -0.25) is 0 Å². The number of anilines is 3. The van der Waals surface area contributed by atoms with Crippen LogP contribution in [0.4, 0.5) is 17.1 Å². The summed E-state index contributed by atoms with van der Waals surface area (Å²) in [5.41, 5.74) is 19.7. The molecule has 0 N–H and O–H groups in total. The Balaban J connectivity index is 1.16. The monoisotopic (exact) mass is 773 g/mol. The molecule has 0 amide bonds. The molecule has 0 unspecified atom stereocenters. The van der Waals surface area contributed by atoms with Gasteiger partial charge in [0, 0.05) is 5.69 Å². The molecule has 8 aromatic carbocycles. The molecule has 59 heavy (non-hydrogen) atoms. The first-order valence-electron chi connectivity index (χ1n) is 21.3. The molecular weight excluding hydrogens is 727 g/mol. The maximum absolute atomic E-state index is 2.80. The van der Waals surface area contributed by atoms with Gasteiger partial charge in [0.2, 0.25) is 0 Å². The number of rotatable bonds is 1. The van der Waals surface area contributed by atoms with Crippen LogP contribution in [0.2, 0.25) is 0 Å². The number of nitrogens with zero attached hydrogens (tertiary/aromatic N) is 1. The minimum Gasteiger partial charge on any atom is -0.310 e. The van der Waals surface area contributed by atoms with Crippen LogP contribution in [0.15, 0.2) is 176 Å². The van der Waals surface area contributed by atoms with Crippen molar-refractivity contribution in [2.24, 2.45) is 0 Å². The summed E-state index contributed by atoms with van der Waals surface area (Å²) in [5.74, 6) is 0. The quantitative estimate of drug-likeness (QED) is 0.150. The Morgan fingerprint density at radius 2 is 0.746 bits per heavy atom. The predicted molar refractivity (Wildman–Crippen MR) is 251 cm³/mol. The van der Waals surface area contributed by atoms with Crippen LogP contribution in [0.1, 0.15) is 74.9 Å². The van der Waals surface area contributed by atoms with Gasteiger partial charge in [-0.25, -0.2) is 0 Å². The Labute approximate surface area is 349 Å². The van der Waals surface area contributed by atoms with Crippen molar-refractivity contribution in [3.63, 3.8) is 0 Å². The van der Waals surface area contributed by atoms with Gasteiger partial charge >= 0.3 is 0 Å². The first-order valence-corrected chi connectivity index (χ1v) is 23.3. The van der Waals surface area contributed by atoms with Crippen molar-refractivity contribution in [2.45, 2.75) is 57.8 Å². The molecule has 4 aliphatic rings. The van der Waals surface area contributed by atoms with Crippen LogP contribution in [0.5, 0.6) is 0 Å². The SMILES string of the molecule is CC(C)(C)c1ccc2c(c1)[Si]1(c3ccccc3-c3ccc(N4c5ccccc5C5(c6ccccc6-c6ccccc65)c5ccccc54)cc31)c1cc(C(C)(C)C)ccc1-2. The molecule has 0 bridgehead atoms. The van der Waals surface area contributed by atoms with Crippen LogP contribution in [0.25, 0.3) is 33.4 Å². The summed E-state index contributed by atoms with van der Waals surface area (Å²) in [7, 11) is -2.80. The number of para-hydroxylation sites is 2. The minimum atomic E-state index is -2.80. The summed E-state index contributed by atoms with van der Waals surface area (Å²) in [6.07, 6.45) is 0. The molecule has 0 fully saturated rings. The topological polar surface area (TPSA) is 3.24 Å². The summed E-state index contributed by atoms with van der Waals surface area (Å²) in [4.78, 5) is 2.58. The Morgan fingerprint density at radius 1 is 0.356 bits per heavy atom. The third kappa shape index (κ3) is 4.35. The highest BCUT2D eigenvalue weighted by atomic mass is 28.3. The van der Waals surface area contributed by atoms with E-state index in [-0.39, 0.29) is 10.8 Å². The van der Waals surface area contributed by atoms with Gasteiger partial charge in [0.25, 0.3) is 0 Å². The van der Waals surface area contributed by atoms with Crippen molar-refractivity contribution in [2.75, 3.05) is 4.90 Å². The number of fused-ring (bicyclic) bond motifs is 19. The van der Waals surface area contributed by atoms with E-state index in [1.807, 2.05) is 0 Å². The largest absolute Gasteiger partial charge is 0.310 e. The first kappa shape index (κ1) is 34.8. The van der Waals surface area contributed by atoms with Crippen molar-refractivity contribution in [1.82, 2.24) is 0 Å². The molecule has 0 atom stereocenters. The van der Waals surface area contributed by atoms with E-state index in [0.29, 0.717) is 0 Å². The van der Waals surface area contributed by atoms with Crippen LogP contribution < -0.4 is 25.6 Å². The summed E-state index contributed by atoms with van der Waals surface area (Å²) in [5, 5.41) is 6.08. The maximum Gasteiger partial charge on any atom is 0.182 e. The van der Waals surface area contributed by atoms with E-state index in [4.69, 9.17) is 0 Å². The zero-order valence-corrected chi connectivity index (χ0v) is 35.7. The molecule has 284 valence electrons. The van der Waals surface area contributed by atoms with Gasteiger partial charge in [0.15, 0.2) is 8.07 Å². The van der Waals surface area contributed by atoms with E-state index in [1.165, 1.54) is 105 Å². The first-order chi connectivity index (χ1) is 28.5. The molecule has 8 aromatic rings. The smallest absolute Gasteiger partial charge is 0.182 e. The average molecular weight is 774 g/mol. The summed E-state index contributed by atoms with van der Waals surface area (Å²) < 4.78 is 0. The molecule has 12 rings (SSSR count). The third-order valence-corrected chi connectivity index (χ3v) is 19.1. The zero-order chi connectivity index (χ0) is 40.1. The molecule has 2 spiro atoms. The number of hydrogen-bond acceptors (Lipinski definition) is 1. The molecule has 1 nitrogen and oxygen atoms in total. The van der Waals surface area contributed by atoms with E-state index < -0.39 is 13.5 Å². The van der Waals surface area contributed by atoms with E-state index in [1.54, 1.807) is 0 Å². The predicted octanol–water partition coefficient (Wildman–Crippen LogP) is 11.8. The fourth-order valence-electron chi connectivity index (χ4n) is 11.6. The lowest BCUT2D eigenvalue weighted by molar-refractivity contribution is 0.590. The Bertz CT molecular complexity index is 2940. The van der Waals surface area contributed by atoms with Gasteiger partial charge in [0.1, 0.15) is 0 Å². The molecular formula is C57H47NSi. The average Bonchev–Trinajstić information content (AvgIpc) is 3.83. The second-order valence-corrected chi connectivity index (χ2v) is 22.9. The van der Waals surface area contributed by atoms with Crippen molar-refractivity contribution >= 4 is 45.9 Å². The molecule has 2 heteroatoms. The third-order valence-electron chi connectivity index (χ3n) is 14.2. The Morgan fingerprint density at radius 3 is 1.25 bits per heavy atom. The van der Waals surface area contributed by atoms with Crippen molar-refractivity contribution < 1.29 is 0 Å². The van der Waals surface area contributed by atoms with Gasteiger partial charge in [-0.05, 0) is 123 Å². The highest BCUT2D eigenvalue weighted by Gasteiger charge is 2.56. The summed E-state index contributed by atoms with van der Waals surface area (Å²) in [6, 6.07) is 68.4. The van der Waals surface area contributed by atoms with Crippen LogP contribution in [-0.2, 0) is 16.2 Å². The van der Waals surface area contributed by atoms with Crippen molar-refractivity contribution in [3.05, 3.63) is 209 Å². The Kier molecular flexibility index (Phi) is 6.90. The summed E-state index contributed by atoms with van der Waals surface area (Å²) >= 11 is 0. The lowest BCUT2D eigenvalue weighted by Gasteiger charge is -2.45. The second-order valence-electron chi connectivity index (χ2n) is 19.3. The molecule has 0 radical (unpaired) electrons. The molecule has 0 aromatic heterocycles. The lowest BCUT2D eigenvalue weighted by Crippen LogP contribution is -2.71. The maximum atomic E-state index is 2.62. The number of hydrogen-bond donors (Lipinski definition) is 0. The zero-order valence-electron chi connectivity index (χ0n) is 34.7. The lowest BCUT2D eigenvalue weighted by atomic mass is 9.64. The normalized spacial score (nSPS) is 15.5. The number of benzene rings is 8. The van der Waals surface area contributed by atoms with Gasteiger partial charge in [-0.1, -0.05) is 193 Å². The van der Waals surface area contributed by atoms with Gasteiger partial charge in [-0.2, -0.15) is 0 Å². The van der Waals surface area contributed by atoms with Crippen LogP contribution in [-0.4, -0.2) is 8.07 Å². The summed E-state index contributed by atoms with van der Waals surface area (Å²) in [6.45, 7) is 14.1. The van der Waals surface area contributed by atoms with Crippen molar-refractivity contribution in [1.29, 1.82) is 0 Å². The highest BCUT2D eigenvalue weighted by Crippen LogP contribution is 2.63. The van der Waals surface area contributed by atoms with E-state index in [9.17, 15) is 0 Å². The fourth-order valence-corrected chi connectivity index (χ4v) is 17.3. The molecule has 0 saturated carbocycles. The standard InChI is InChI=1S/C57H47NSi/c1-55(2,3)36-27-30-42-43-31-28-37(56(4,5)6)34-53(43)59(52(42)33-36)51-26-16-9-19-41(51)44-32-29-38(35-54(44)59)58-49-24-14-12-22-47(49)57(48-23-13-15-25-50(48)58)45-20-10-7-17-39(45)40-18-8-11-21-46(40)57/h7-35H,1-6H3. The van der Waals surface area contributed by atoms with E-state index in [2.05, 4.69) is 222 Å². The van der Waals surface area contributed by atoms with E-state index >= 15 is 0 Å². The second kappa shape index (κ2) is 11.7. The Hall–Kier alpha value is -6.22. The minimum absolute atomic E-state index is 0.0212. The fraction of sp³-hybridized carbons (Fsp3) is 0.158. The van der Waals surface area contributed by atoms with Crippen LogP contribution >= 0.6 is 0 Å². The van der Waals surface area contributed by atoms with Crippen LogP contribution in [0.3, 0.4) is 0 Å². The van der Waals surface area contributed by atoms with Gasteiger partial charge in [-0.15, -0.1) is 0 Å². The molecule has 3 aliphatic heterocycles. The molecule has 0 saturated heterocycles. The van der Waals surface area contributed by atoms with Crippen LogP contribution in [0, 0.1) is 0 Å². The molecule has 3 heterocycles. The van der Waals surface area contributed by atoms with E-state index in [0.717, 1.165) is 0 Å². The van der Waals surface area contributed by atoms with Crippen molar-refractivity contribution in [3.8, 4) is 33.4 Å². The highest BCUT2D eigenvalue weighted by molar-refractivity contribution is 7.24. The van der Waals surface area contributed by atoms with Gasteiger partial charge < -0.3 is 4.90 Å².